The Kier molecular flexibility index (Phi) is 4.76. The van der Waals surface area contributed by atoms with Gasteiger partial charge in [0.2, 0.25) is 5.89 Å². The van der Waals surface area contributed by atoms with Crippen molar-refractivity contribution in [3.05, 3.63) is 11.7 Å². The van der Waals surface area contributed by atoms with Crippen LogP contribution in [0, 0.1) is 0 Å². The van der Waals surface area contributed by atoms with E-state index in [0.29, 0.717) is 18.9 Å². The van der Waals surface area contributed by atoms with E-state index in [2.05, 4.69) is 14.9 Å². The SMILES string of the molecule is COCCCc1noc(CC(=O)OC)n1. The highest BCUT2D eigenvalue weighted by Crippen LogP contribution is 2.02. The van der Waals surface area contributed by atoms with Gasteiger partial charge < -0.3 is 14.0 Å². The van der Waals surface area contributed by atoms with Crippen molar-refractivity contribution < 1.29 is 18.8 Å². The van der Waals surface area contributed by atoms with E-state index in [0.717, 1.165) is 6.42 Å². The first-order valence-electron chi connectivity index (χ1n) is 4.63. The van der Waals surface area contributed by atoms with Crippen molar-refractivity contribution in [1.82, 2.24) is 10.1 Å². The fourth-order valence-electron chi connectivity index (χ4n) is 1.03. The highest BCUT2D eigenvalue weighted by molar-refractivity contribution is 5.70. The number of esters is 1. The van der Waals surface area contributed by atoms with Crippen molar-refractivity contribution in [2.75, 3.05) is 20.8 Å². The van der Waals surface area contributed by atoms with Crippen molar-refractivity contribution in [3.63, 3.8) is 0 Å². The molecule has 1 rings (SSSR count). The lowest BCUT2D eigenvalue weighted by molar-refractivity contribution is -0.140. The zero-order valence-corrected chi connectivity index (χ0v) is 8.86. The van der Waals surface area contributed by atoms with E-state index in [1.807, 2.05) is 0 Å². The molecule has 0 aromatic carbocycles. The second-order valence-electron chi connectivity index (χ2n) is 2.95. The summed E-state index contributed by atoms with van der Waals surface area (Å²) in [7, 11) is 2.96. The number of methoxy groups -OCH3 is 2. The monoisotopic (exact) mass is 214 g/mol. The summed E-state index contributed by atoms with van der Waals surface area (Å²) in [5, 5.41) is 3.73. The lowest BCUT2D eigenvalue weighted by Crippen LogP contribution is -2.04. The van der Waals surface area contributed by atoms with E-state index >= 15 is 0 Å². The summed E-state index contributed by atoms with van der Waals surface area (Å²) in [6.45, 7) is 0.654. The molecule has 0 bridgehead atoms. The summed E-state index contributed by atoms with van der Waals surface area (Å²) in [5.74, 6) is 0.488. The molecule has 0 aliphatic carbocycles. The number of hydrogen-bond donors (Lipinski definition) is 0. The minimum atomic E-state index is -0.387. The van der Waals surface area contributed by atoms with Crippen LogP contribution in [0.15, 0.2) is 4.52 Å². The van der Waals surface area contributed by atoms with Crippen molar-refractivity contribution in [3.8, 4) is 0 Å². The Morgan fingerprint density at radius 1 is 1.47 bits per heavy atom. The highest BCUT2D eigenvalue weighted by atomic mass is 16.5. The van der Waals surface area contributed by atoms with Gasteiger partial charge in [-0.3, -0.25) is 4.79 Å². The van der Waals surface area contributed by atoms with E-state index in [1.165, 1.54) is 7.11 Å². The molecule has 84 valence electrons. The van der Waals surface area contributed by atoms with Crippen LogP contribution in [0.1, 0.15) is 18.1 Å². The van der Waals surface area contributed by atoms with E-state index in [4.69, 9.17) is 9.26 Å². The Hall–Kier alpha value is -1.43. The fourth-order valence-corrected chi connectivity index (χ4v) is 1.03. The summed E-state index contributed by atoms with van der Waals surface area (Å²) in [5.41, 5.74) is 0. The Bertz CT molecular complexity index is 311. The first kappa shape index (κ1) is 11.6. The molecule has 1 aromatic heterocycles. The number of nitrogens with zero attached hydrogens (tertiary/aromatic N) is 2. The third-order valence-electron chi connectivity index (χ3n) is 1.78. The van der Waals surface area contributed by atoms with Gasteiger partial charge in [-0.05, 0) is 6.42 Å². The van der Waals surface area contributed by atoms with Gasteiger partial charge in [-0.25, -0.2) is 0 Å². The van der Waals surface area contributed by atoms with Gasteiger partial charge in [0, 0.05) is 20.1 Å². The van der Waals surface area contributed by atoms with Crippen molar-refractivity contribution in [2.24, 2.45) is 0 Å². The normalized spacial score (nSPS) is 10.3. The molecule has 0 unspecified atom stereocenters. The predicted molar refractivity (Wildman–Crippen MR) is 50.2 cm³/mol. The molecule has 1 heterocycles. The molecule has 0 N–H and O–H groups in total. The third kappa shape index (κ3) is 4.07. The van der Waals surface area contributed by atoms with Gasteiger partial charge >= 0.3 is 5.97 Å². The lowest BCUT2D eigenvalue weighted by atomic mass is 10.3. The maximum Gasteiger partial charge on any atom is 0.315 e. The molecule has 0 fully saturated rings. The summed E-state index contributed by atoms with van der Waals surface area (Å²) < 4.78 is 14.2. The third-order valence-corrected chi connectivity index (χ3v) is 1.78. The van der Waals surface area contributed by atoms with E-state index in [-0.39, 0.29) is 18.3 Å². The Labute approximate surface area is 87.6 Å². The van der Waals surface area contributed by atoms with Gasteiger partial charge in [-0.1, -0.05) is 5.16 Å². The summed E-state index contributed by atoms with van der Waals surface area (Å²) in [6, 6.07) is 0. The molecule has 6 nitrogen and oxygen atoms in total. The topological polar surface area (TPSA) is 74.5 Å². The second-order valence-corrected chi connectivity index (χ2v) is 2.95. The van der Waals surface area contributed by atoms with Crippen molar-refractivity contribution in [2.45, 2.75) is 19.3 Å². The molecule has 6 heteroatoms. The van der Waals surface area contributed by atoms with Gasteiger partial charge in [-0.15, -0.1) is 0 Å². The summed E-state index contributed by atoms with van der Waals surface area (Å²) in [6.07, 6.45) is 1.53. The molecule has 15 heavy (non-hydrogen) atoms. The number of aryl methyl sites for hydroxylation is 1. The Morgan fingerprint density at radius 3 is 2.93 bits per heavy atom. The van der Waals surface area contributed by atoms with E-state index in [1.54, 1.807) is 7.11 Å². The maximum absolute atomic E-state index is 10.9. The quantitative estimate of drug-likeness (QED) is 0.503. The van der Waals surface area contributed by atoms with E-state index in [9.17, 15) is 4.79 Å². The lowest BCUT2D eigenvalue weighted by Gasteiger charge is -1.93. The van der Waals surface area contributed by atoms with Crippen molar-refractivity contribution in [1.29, 1.82) is 0 Å². The molecule has 0 saturated carbocycles. The number of carbonyl (C=O) groups excluding carboxylic acids is 1. The Balaban J connectivity index is 2.38. The number of aromatic nitrogens is 2. The molecule has 0 saturated heterocycles. The van der Waals surface area contributed by atoms with Crippen LogP contribution in [-0.4, -0.2) is 36.9 Å². The molecule has 0 spiro atoms. The molecule has 0 atom stereocenters. The molecule has 0 aliphatic heterocycles. The first-order chi connectivity index (χ1) is 7.26. The molecule has 0 aliphatic rings. The molecular weight excluding hydrogens is 200 g/mol. The van der Waals surface area contributed by atoms with Crippen LogP contribution in [0.2, 0.25) is 0 Å². The minimum Gasteiger partial charge on any atom is -0.469 e. The number of ether oxygens (including phenoxy) is 2. The highest BCUT2D eigenvalue weighted by Gasteiger charge is 2.10. The maximum atomic E-state index is 10.9. The molecule has 1 aromatic rings. The standard InChI is InChI=1S/C9H14N2O4/c1-13-5-3-4-7-10-8(15-11-7)6-9(12)14-2/h3-6H2,1-2H3. The number of hydrogen-bond acceptors (Lipinski definition) is 6. The first-order valence-corrected chi connectivity index (χ1v) is 4.63. The fraction of sp³-hybridized carbons (Fsp3) is 0.667. The van der Waals surface area contributed by atoms with Crippen LogP contribution in [-0.2, 0) is 27.1 Å². The zero-order chi connectivity index (χ0) is 11.1. The van der Waals surface area contributed by atoms with E-state index < -0.39 is 0 Å². The molecular formula is C9H14N2O4. The smallest absolute Gasteiger partial charge is 0.315 e. The van der Waals surface area contributed by atoms with Gasteiger partial charge in [0.05, 0.1) is 7.11 Å². The van der Waals surface area contributed by atoms with Gasteiger partial charge in [0.25, 0.3) is 0 Å². The summed E-state index contributed by atoms with van der Waals surface area (Å²) >= 11 is 0. The summed E-state index contributed by atoms with van der Waals surface area (Å²) in [4.78, 5) is 14.9. The average Bonchev–Trinajstić information content (AvgIpc) is 2.66. The number of carbonyl (C=O) groups is 1. The van der Waals surface area contributed by atoms with Crippen LogP contribution in [0.4, 0.5) is 0 Å². The van der Waals surface area contributed by atoms with Crippen LogP contribution >= 0.6 is 0 Å². The molecule has 0 radical (unpaired) electrons. The van der Waals surface area contributed by atoms with Gasteiger partial charge in [0.1, 0.15) is 6.42 Å². The number of rotatable bonds is 6. The molecule has 0 amide bonds. The van der Waals surface area contributed by atoms with Crippen LogP contribution in [0.25, 0.3) is 0 Å². The second kappa shape index (κ2) is 6.13. The largest absolute Gasteiger partial charge is 0.469 e. The van der Waals surface area contributed by atoms with Crippen molar-refractivity contribution >= 4 is 5.97 Å². The van der Waals surface area contributed by atoms with Gasteiger partial charge in [-0.2, -0.15) is 4.98 Å². The minimum absolute atomic E-state index is 0.0216. The predicted octanol–water partition coefficient (Wildman–Crippen LogP) is 0.364. The average molecular weight is 214 g/mol. The van der Waals surface area contributed by atoms with Crippen LogP contribution < -0.4 is 0 Å². The Morgan fingerprint density at radius 2 is 2.27 bits per heavy atom. The van der Waals surface area contributed by atoms with Crippen LogP contribution in [0.3, 0.4) is 0 Å². The van der Waals surface area contributed by atoms with Gasteiger partial charge in [0.15, 0.2) is 5.82 Å². The van der Waals surface area contributed by atoms with Crippen LogP contribution in [0.5, 0.6) is 0 Å². The zero-order valence-electron chi connectivity index (χ0n) is 8.86.